The van der Waals surface area contributed by atoms with E-state index in [1.807, 2.05) is 6.92 Å². The molecule has 0 aromatic heterocycles. The zero-order chi connectivity index (χ0) is 9.83. The van der Waals surface area contributed by atoms with Crippen LogP contribution in [0.1, 0.15) is 39.5 Å². The maximum absolute atomic E-state index is 12.1. The van der Waals surface area contributed by atoms with Gasteiger partial charge in [-0.1, -0.05) is 26.2 Å². The molecule has 0 aliphatic carbocycles. The highest BCUT2D eigenvalue weighted by molar-refractivity contribution is 4.86. The lowest BCUT2D eigenvalue weighted by molar-refractivity contribution is -0.182. The van der Waals surface area contributed by atoms with Gasteiger partial charge in [-0.25, -0.2) is 0 Å². The molecule has 0 spiro atoms. The highest BCUT2D eigenvalue weighted by Gasteiger charge is 2.47. The minimum absolute atomic E-state index is 0.0182. The molecule has 0 saturated heterocycles. The lowest BCUT2D eigenvalue weighted by Crippen LogP contribution is -2.50. The van der Waals surface area contributed by atoms with Crippen LogP contribution in [0.2, 0.25) is 0 Å². The van der Waals surface area contributed by atoms with E-state index < -0.39 is 11.7 Å². The van der Waals surface area contributed by atoms with E-state index in [1.54, 1.807) is 0 Å². The van der Waals surface area contributed by atoms with E-state index in [2.05, 4.69) is 0 Å². The van der Waals surface area contributed by atoms with E-state index in [4.69, 9.17) is 5.73 Å². The lowest BCUT2D eigenvalue weighted by atomic mass is 9.95. The van der Waals surface area contributed by atoms with Gasteiger partial charge in [0, 0.05) is 0 Å². The first-order valence-electron chi connectivity index (χ1n) is 4.17. The van der Waals surface area contributed by atoms with Gasteiger partial charge in [-0.2, -0.15) is 13.2 Å². The molecule has 0 amide bonds. The Bertz CT molecular complexity index is 129. The molecule has 0 heterocycles. The monoisotopic (exact) mass is 183 g/mol. The fourth-order valence-electron chi connectivity index (χ4n) is 0.884. The van der Waals surface area contributed by atoms with Gasteiger partial charge in [0.1, 0.15) is 5.54 Å². The van der Waals surface area contributed by atoms with Crippen molar-refractivity contribution in [2.24, 2.45) is 5.73 Å². The van der Waals surface area contributed by atoms with Crippen LogP contribution in [-0.2, 0) is 0 Å². The molecular weight excluding hydrogens is 167 g/mol. The number of rotatable bonds is 4. The van der Waals surface area contributed by atoms with Crippen LogP contribution < -0.4 is 5.73 Å². The van der Waals surface area contributed by atoms with Gasteiger partial charge in [-0.05, 0) is 13.3 Å². The Labute approximate surface area is 71.1 Å². The fraction of sp³-hybridized carbons (Fsp3) is 1.00. The Kier molecular flexibility index (Phi) is 4.03. The summed E-state index contributed by atoms with van der Waals surface area (Å²) in [5, 5.41) is 0. The standard InChI is InChI=1S/C8H16F3N/c1-3-4-5-6-7(2,12)8(9,10)11/h3-6,12H2,1-2H3. The van der Waals surface area contributed by atoms with Crippen molar-refractivity contribution in [3.8, 4) is 0 Å². The molecule has 1 atom stereocenters. The second-order valence-corrected chi connectivity index (χ2v) is 3.37. The minimum Gasteiger partial charge on any atom is -0.318 e. The van der Waals surface area contributed by atoms with E-state index >= 15 is 0 Å². The Balaban J connectivity index is 3.88. The zero-order valence-electron chi connectivity index (χ0n) is 7.54. The molecule has 0 fully saturated rings. The Morgan fingerprint density at radius 2 is 1.67 bits per heavy atom. The van der Waals surface area contributed by atoms with Crippen molar-refractivity contribution < 1.29 is 13.2 Å². The number of halogens is 3. The van der Waals surface area contributed by atoms with Gasteiger partial charge in [0.25, 0.3) is 0 Å². The molecule has 0 aromatic rings. The average molecular weight is 183 g/mol. The molecule has 0 radical (unpaired) electrons. The third-order valence-corrected chi connectivity index (χ3v) is 1.95. The molecule has 0 aliphatic rings. The van der Waals surface area contributed by atoms with Crippen LogP contribution in [0.15, 0.2) is 0 Å². The van der Waals surface area contributed by atoms with Gasteiger partial charge >= 0.3 is 6.18 Å². The van der Waals surface area contributed by atoms with Crippen molar-refractivity contribution in [2.45, 2.75) is 51.2 Å². The van der Waals surface area contributed by atoms with Crippen molar-refractivity contribution in [3.05, 3.63) is 0 Å². The molecule has 1 nitrogen and oxygen atoms in total. The summed E-state index contributed by atoms with van der Waals surface area (Å²) >= 11 is 0. The van der Waals surface area contributed by atoms with Crippen molar-refractivity contribution in [1.29, 1.82) is 0 Å². The van der Waals surface area contributed by atoms with Crippen LogP contribution in [-0.4, -0.2) is 11.7 Å². The zero-order valence-corrected chi connectivity index (χ0v) is 7.54. The molecule has 2 N–H and O–H groups in total. The molecule has 0 saturated carbocycles. The number of nitrogens with two attached hydrogens (primary N) is 1. The molecule has 0 rings (SSSR count). The summed E-state index contributed by atoms with van der Waals surface area (Å²) in [6, 6.07) is 0. The van der Waals surface area contributed by atoms with E-state index in [0.717, 1.165) is 19.8 Å². The molecule has 0 aromatic carbocycles. The Hall–Kier alpha value is -0.250. The highest BCUT2D eigenvalue weighted by Crippen LogP contribution is 2.31. The SMILES string of the molecule is CCCCCC(C)(N)C(F)(F)F. The van der Waals surface area contributed by atoms with Crippen LogP contribution in [0.4, 0.5) is 13.2 Å². The number of hydrogen-bond donors (Lipinski definition) is 1. The summed E-state index contributed by atoms with van der Waals surface area (Å²) in [5.74, 6) is 0. The van der Waals surface area contributed by atoms with E-state index in [1.165, 1.54) is 0 Å². The van der Waals surface area contributed by atoms with E-state index in [0.29, 0.717) is 6.42 Å². The van der Waals surface area contributed by atoms with Crippen molar-refractivity contribution in [3.63, 3.8) is 0 Å². The predicted octanol–water partition coefficient (Wildman–Crippen LogP) is 2.85. The molecule has 4 heteroatoms. The molecule has 74 valence electrons. The van der Waals surface area contributed by atoms with Crippen molar-refractivity contribution in [2.75, 3.05) is 0 Å². The molecule has 12 heavy (non-hydrogen) atoms. The molecule has 0 bridgehead atoms. The van der Waals surface area contributed by atoms with Gasteiger partial charge in [-0.3, -0.25) is 0 Å². The number of alkyl halides is 3. The first-order valence-corrected chi connectivity index (χ1v) is 4.17. The normalized spacial score (nSPS) is 17.5. The summed E-state index contributed by atoms with van der Waals surface area (Å²) in [6.07, 6.45) is -2.00. The Morgan fingerprint density at radius 3 is 2.00 bits per heavy atom. The highest BCUT2D eigenvalue weighted by atomic mass is 19.4. The van der Waals surface area contributed by atoms with E-state index in [-0.39, 0.29) is 6.42 Å². The quantitative estimate of drug-likeness (QED) is 0.666. The van der Waals surface area contributed by atoms with Crippen molar-refractivity contribution in [1.82, 2.24) is 0 Å². The van der Waals surface area contributed by atoms with Crippen LogP contribution in [0.25, 0.3) is 0 Å². The largest absolute Gasteiger partial charge is 0.406 e. The Morgan fingerprint density at radius 1 is 1.17 bits per heavy atom. The summed E-state index contributed by atoms with van der Waals surface area (Å²) < 4.78 is 36.4. The predicted molar refractivity (Wildman–Crippen MR) is 42.8 cm³/mol. The van der Waals surface area contributed by atoms with Gasteiger partial charge < -0.3 is 5.73 Å². The second kappa shape index (κ2) is 4.12. The summed E-state index contributed by atoms with van der Waals surface area (Å²) in [6.45, 7) is 2.99. The van der Waals surface area contributed by atoms with Crippen LogP contribution in [0.5, 0.6) is 0 Å². The van der Waals surface area contributed by atoms with Gasteiger partial charge in [0.15, 0.2) is 0 Å². The topological polar surface area (TPSA) is 26.0 Å². The fourth-order valence-corrected chi connectivity index (χ4v) is 0.884. The summed E-state index contributed by atoms with van der Waals surface area (Å²) in [7, 11) is 0. The summed E-state index contributed by atoms with van der Waals surface area (Å²) in [4.78, 5) is 0. The van der Waals surface area contributed by atoms with Crippen LogP contribution >= 0.6 is 0 Å². The van der Waals surface area contributed by atoms with Crippen LogP contribution in [0, 0.1) is 0 Å². The average Bonchev–Trinajstić information content (AvgIpc) is 1.85. The maximum Gasteiger partial charge on any atom is 0.406 e. The summed E-state index contributed by atoms with van der Waals surface area (Å²) in [5.41, 5.74) is 3.10. The number of unbranched alkanes of at least 4 members (excludes halogenated alkanes) is 2. The van der Waals surface area contributed by atoms with Gasteiger partial charge in [0.2, 0.25) is 0 Å². The maximum atomic E-state index is 12.1. The first kappa shape index (κ1) is 11.8. The first-order chi connectivity index (χ1) is 5.31. The smallest absolute Gasteiger partial charge is 0.318 e. The van der Waals surface area contributed by atoms with Gasteiger partial charge in [-0.15, -0.1) is 0 Å². The third kappa shape index (κ3) is 3.43. The van der Waals surface area contributed by atoms with E-state index in [9.17, 15) is 13.2 Å². The second-order valence-electron chi connectivity index (χ2n) is 3.37. The molecule has 0 aliphatic heterocycles. The molecule has 1 unspecified atom stereocenters. The van der Waals surface area contributed by atoms with Crippen molar-refractivity contribution >= 4 is 0 Å². The minimum atomic E-state index is -4.28. The third-order valence-electron chi connectivity index (χ3n) is 1.95. The number of hydrogen-bond acceptors (Lipinski definition) is 1. The van der Waals surface area contributed by atoms with Gasteiger partial charge in [0.05, 0.1) is 0 Å². The van der Waals surface area contributed by atoms with Crippen LogP contribution in [0.3, 0.4) is 0 Å². The lowest BCUT2D eigenvalue weighted by Gasteiger charge is -2.27. The molecular formula is C8H16F3N.